The lowest BCUT2D eigenvalue weighted by atomic mass is 9.89. The molecule has 0 radical (unpaired) electrons. The van der Waals surface area contributed by atoms with Gasteiger partial charge in [0, 0.05) is 15.5 Å². The number of hydrogen-bond acceptors (Lipinski definition) is 2. The van der Waals surface area contributed by atoms with E-state index in [0.717, 1.165) is 18.4 Å². The molecule has 0 bridgehead atoms. The third-order valence-corrected chi connectivity index (χ3v) is 3.76. The van der Waals surface area contributed by atoms with Crippen LogP contribution in [0.4, 0.5) is 0 Å². The number of benzene rings is 1. The summed E-state index contributed by atoms with van der Waals surface area (Å²) in [5.74, 6) is 0. The van der Waals surface area contributed by atoms with Crippen molar-refractivity contribution in [1.29, 1.82) is 0 Å². The molecular weight excluding hydrogens is 233 g/mol. The Labute approximate surface area is 98.6 Å². The molecule has 2 rings (SSSR count). The first-order valence-electron chi connectivity index (χ1n) is 4.88. The minimum absolute atomic E-state index is 0.135. The van der Waals surface area contributed by atoms with Gasteiger partial charge in [0.1, 0.15) is 0 Å². The van der Waals surface area contributed by atoms with Crippen molar-refractivity contribution in [2.75, 3.05) is 0 Å². The van der Waals surface area contributed by atoms with Crippen LogP contribution in [0.2, 0.25) is 10.0 Å². The average molecular weight is 244 g/mol. The van der Waals surface area contributed by atoms with E-state index in [1.807, 2.05) is 13.0 Å². The Bertz CT molecular complexity index is 402. The minimum Gasteiger partial charge on any atom is -0.150 e. The van der Waals surface area contributed by atoms with Gasteiger partial charge in [0.15, 0.2) is 0 Å². The molecule has 0 heterocycles. The summed E-state index contributed by atoms with van der Waals surface area (Å²) in [6, 6.07) is 5.20. The van der Waals surface area contributed by atoms with Gasteiger partial charge in [-0.15, -0.1) is 0 Å². The van der Waals surface area contributed by atoms with Gasteiger partial charge in [-0.25, -0.2) is 0 Å². The Balaban J connectivity index is 2.41. The van der Waals surface area contributed by atoms with Crippen LogP contribution in [-0.4, -0.2) is 6.04 Å². The predicted molar refractivity (Wildman–Crippen MR) is 62.6 cm³/mol. The lowest BCUT2D eigenvalue weighted by Gasteiger charge is -2.19. The molecule has 1 aliphatic rings. The Morgan fingerprint density at radius 1 is 1.40 bits per heavy atom. The molecule has 15 heavy (non-hydrogen) atoms. The van der Waals surface area contributed by atoms with E-state index in [2.05, 4.69) is 5.18 Å². The van der Waals surface area contributed by atoms with Crippen molar-refractivity contribution in [3.8, 4) is 0 Å². The summed E-state index contributed by atoms with van der Waals surface area (Å²) in [6.07, 6.45) is 1.95. The fraction of sp³-hybridized carbons (Fsp3) is 0.455. The Hall–Kier alpha value is -0.600. The fourth-order valence-corrected chi connectivity index (χ4v) is 2.64. The molecule has 2 nitrogen and oxygen atoms in total. The number of hydrogen-bond donors (Lipinski definition) is 0. The molecule has 1 aliphatic carbocycles. The Morgan fingerprint density at radius 3 is 2.53 bits per heavy atom. The number of nitrogens with zero attached hydrogens (tertiary/aromatic N) is 1. The highest BCUT2D eigenvalue weighted by atomic mass is 35.5. The second kappa shape index (κ2) is 3.76. The van der Waals surface area contributed by atoms with E-state index >= 15 is 0 Å². The van der Waals surface area contributed by atoms with Gasteiger partial charge in [-0.1, -0.05) is 34.4 Å². The highest BCUT2D eigenvalue weighted by Gasteiger charge is 2.50. The fourth-order valence-electron chi connectivity index (χ4n) is 2.04. The standard InChI is InChI=1S/C11H11Cl2NO/c1-7(14-15)11(4-5-11)9-3-2-8(12)6-10(9)13/h2-3,6-7H,4-5H2,1H3. The van der Waals surface area contributed by atoms with Crippen molar-refractivity contribution >= 4 is 23.2 Å². The van der Waals surface area contributed by atoms with Gasteiger partial charge < -0.3 is 0 Å². The van der Waals surface area contributed by atoms with Crippen molar-refractivity contribution in [1.82, 2.24) is 0 Å². The van der Waals surface area contributed by atoms with Gasteiger partial charge in [0.2, 0.25) is 0 Å². The van der Waals surface area contributed by atoms with E-state index in [1.54, 1.807) is 12.1 Å². The van der Waals surface area contributed by atoms with Crippen LogP contribution < -0.4 is 0 Å². The summed E-state index contributed by atoms with van der Waals surface area (Å²) >= 11 is 12.0. The maximum Gasteiger partial charge on any atom is 0.0988 e. The normalized spacial score (nSPS) is 19.7. The van der Waals surface area contributed by atoms with Crippen molar-refractivity contribution in [3.05, 3.63) is 38.7 Å². The van der Waals surface area contributed by atoms with E-state index in [9.17, 15) is 4.91 Å². The highest BCUT2D eigenvalue weighted by molar-refractivity contribution is 6.35. The Kier molecular flexibility index (Phi) is 2.73. The summed E-state index contributed by atoms with van der Waals surface area (Å²) in [5.41, 5.74) is 0.865. The van der Waals surface area contributed by atoms with E-state index in [0.29, 0.717) is 10.0 Å². The molecule has 0 spiro atoms. The Morgan fingerprint density at radius 2 is 2.07 bits per heavy atom. The van der Waals surface area contributed by atoms with Gasteiger partial charge in [-0.3, -0.25) is 0 Å². The molecule has 0 amide bonds. The van der Waals surface area contributed by atoms with Gasteiger partial charge in [0.25, 0.3) is 0 Å². The second-order valence-electron chi connectivity index (χ2n) is 4.06. The van der Waals surface area contributed by atoms with Crippen LogP contribution in [0.5, 0.6) is 0 Å². The number of halogens is 2. The molecule has 0 aliphatic heterocycles. The molecule has 4 heteroatoms. The first kappa shape index (κ1) is 10.9. The van der Waals surface area contributed by atoms with Crippen molar-refractivity contribution in [2.24, 2.45) is 5.18 Å². The largest absolute Gasteiger partial charge is 0.150 e. The quantitative estimate of drug-likeness (QED) is 0.733. The summed E-state index contributed by atoms with van der Waals surface area (Å²) in [6.45, 7) is 1.84. The van der Waals surface area contributed by atoms with Gasteiger partial charge >= 0.3 is 0 Å². The summed E-state index contributed by atoms with van der Waals surface area (Å²) in [7, 11) is 0. The third kappa shape index (κ3) is 1.77. The van der Waals surface area contributed by atoms with E-state index in [4.69, 9.17) is 23.2 Å². The molecule has 80 valence electrons. The molecule has 1 aromatic rings. The van der Waals surface area contributed by atoms with Crippen LogP contribution in [0.1, 0.15) is 25.3 Å². The molecule has 1 unspecified atom stereocenters. The van der Waals surface area contributed by atoms with Crippen LogP contribution in [0, 0.1) is 4.91 Å². The van der Waals surface area contributed by atoms with Crippen molar-refractivity contribution in [2.45, 2.75) is 31.2 Å². The molecule has 0 aromatic heterocycles. The maximum absolute atomic E-state index is 10.6. The summed E-state index contributed by atoms with van der Waals surface area (Å²) < 4.78 is 0. The first-order chi connectivity index (χ1) is 7.10. The summed E-state index contributed by atoms with van der Waals surface area (Å²) in [4.78, 5) is 10.6. The lowest BCUT2D eigenvalue weighted by Crippen LogP contribution is -2.21. The van der Waals surface area contributed by atoms with Crippen LogP contribution >= 0.6 is 23.2 Å². The lowest BCUT2D eigenvalue weighted by molar-refractivity contribution is 0.555. The average Bonchev–Trinajstić information content (AvgIpc) is 2.97. The second-order valence-corrected chi connectivity index (χ2v) is 4.91. The van der Waals surface area contributed by atoms with E-state index < -0.39 is 0 Å². The van der Waals surface area contributed by atoms with Crippen LogP contribution in [0.3, 0.4) is 0 Å². The first-order valence-corrected chi connectivity index (χ1v) is 5.64. The van der Waals surface area contributed by atoms with Crippen LogP contribution in [-0.2, 0) is 5.41 Å². The van der Waals surface area contributed by atoms with Gasteiger partial charge in [-0.05, 0) is 37.5 Å². The van der Waals surface area contributed by atoms with Crippen molar-refractivity contribution in [3.63, 3.8) is 0 Å². The maximum atomic E-state index is 10.6. The van der Waals surface area contributed by atoms with Gasteiger partial charge in [0.05, 0.1) is 6.04 Å². The van der Waals surface area contributed by atoms with E-state index in [1.165, 1.54) is 0 Å². The zero-order chi connectivity index (χ0) is 11.1. The highest BCUT2D eigenvalue weighted by Crippen LogP contribution is 2.54. The minimum atomic E-state index is -0.226. The molecule has 1 aromatic carbocycles. The smallest absolute Gasteiger partial charge is 0.0988 e. The molecule has 1 saturated carbocycles. The zero-order valence-corrected chi connectivity index (χ0v) is 9.85. The van der Waals surface area contributed by atoms with Gasteiger partial charge in [-0.2, -0.15) is 4.91 Å². The summed E-state index contributed by atoms with van der Waals surface area (Å²) in [5, 5.41) is 4.37. The zero-order valence-electron chi connectivity index (χ0n) is 8.34. The predicted octanol–water partition coefficient (Wildman–Crippen LogP) is 4.18. The third-order valence-electron chi connectivity index (χ3n) is 3.21. The van der Waals surface area contributed by atoms with Crippen LogP contribution in [0.25, 0.3) is 0 Å². The number of rotatable bonds is 3. The molecule has 0 N–H and O–H groups in total. The van der Waals surface area contributed by atoms with Crippen LogP contribution in [0.15, 0.2) is 23.4 Å². The SMILES string of the molecule is CC(N=O)C1(c2ccc(Cl)cc2Cl)CC1. The van der Waals surface area contributed by atoms with Crippen molar-refractivity contribution < 1.29 is 0 Å². The molecule has 1 atom stereocenters. The molecule has 1 fully saturated rings. The topological polar surface area (TPSA) is 29.4 Å². The monoisotopic (exact) mass is 243 g/mol. The molecule has 0 saturated heterocycles. The molecular formula is C11H11Cl2NO. The number of nitroso groups, excluding NO2 is 1. The van der Waals surface area contributed by atoms with E-state index in [-0.39, 0.29) is 11.5 Å².